The number of hydrogen-bond acceptors (Lipinski definition) is 5. The predicted molar refractivity (Wildman–Crippen MR) is 81.0 cm³/mol. The molecule has 0 aromatic carbocycles. The zero-order valence-electron chi connectivity index (χ0n) is 12.7. The quantitative estimate of drug-likeness (QED) is 0.775. The molecule has 2 heterocycles. The molecule has 0 amide bonds. The highest BCUT2D eigenvalue weighted by atomic mass is 16.5. The van der Waals surface area contributed by atoms with Gasteiger partial charge in [0.05, 0.1) is 13.2 Å². The zero-order chi connectivity index (χ0) is 15.2. The molecular weight excluding hydrogens is 270 g/mol. The number of anilines is 1. The number of ether oxygens (including phenoxy) is 1. The summed E-state index contributed by atoms with van der Waals surface area (Å²) >= 11 is 0. The minimum absolute atomic E-state index is 0.270. The van der Waals surface area contributed by atoms with Crippen molar-refractivity contribution in [2.45, 2.75) is 20.3 Å². The number of aromatic carboxylic acids is 1. The van der Waals surface area contributed by atoms with Gasteiger partial charge >= 0.3 is 5.97 Å². The second-order valence-electron chi connectivity index (χ2n) is 5.34. The number of aryl methyl sites for hydroxylation is 2. The Hall–Kier alpha value is -1.66. The summed E-state index contributed by atoms with van der Waals surface area (Å²) in [6.07, 6.45) is 0.952. The van der Waals surface area contributed by atoms with Crippen LogP contribution in [-0.2, 0) is 4.74 Å². The summed E-state index contributed by atoms with van der Waals surface area (Å²) in [4.78, 5) is 18.0. The third-order valence-electron chi connectivity index (χ3n) is 3.61. The largest absolute Gasteiger partial charge is 0.478 e. The van der Waals surface area contributed by atoms with Crippen LogP contribution in [0.2, 0.25) is 0 Å². The van der Waals surface area contributed by atoms with Crippen LogP contribution in [0.1, 0.15) is 28.0 Å². The minimum Gasteiger partial charge on any atom is -0.478 e. The first-order valence-corrected chi connectivity index (χ1v) is 7.33. The van der Waals surface area contributed by atoms with Gasteiger partial charge in [-0.15, -0.1) is 0 Å². The lowest BCUT2D eigenvalue weighted by atomic mass is 10.1. The Kier molecular flexibility index (Phi) is 5.52. The Balaban J connectivity index is 1.88. The third-order valence-corrected chi connectivity index (χ3v) is 3.61. The average molecular weight is 293 g/mol. The van der Waals surface area contributed by atoms with E-state index in [4.69, 9.17) is 4.74 Å². The first-order chi connectivity index (χ1) is 10.1. The number of carbonyl (C=O) groups is 1. The van der Waals surface area contributed by atoms with Crippen LogP contribution in [0.5, 0.6) is 0 Å². The number of carboxylic acids is 1. The Morgan fingerprint density at radius 1 is 1.43 bits per heavy atom. The average Bonchev–Trinajstić information content (AvgIpc) is 2.43. The normalized spacial score (nSPS) is 15.9. The van der Waals surface area contributed by atoms with Crippen LogP contribution in [0, 0.1) is 13.8 Å². The van der Waals surface area contributed by atoms with Crippen LogP contribution in [0.4, 0.5) is 5.82 Å². The molecule has 1 fully saturated rings. The van der Waals surface area contributed by atoms with Crippen LogP contribution < -0.4 is 5.32 Å². The Labute approximate surface area is 125 Å². The standard InChI is InChI=1S/C15H23N3O3/c1-11-10-12(2)17-14(13(11)15(19)20)16-4-3-5-18-6-8-21-9-7-18/h10H,3-9H2,1-2H3,(H,16,17)(H,19,20). The monoisotopic (exact) mass is 293 g/mol. The van der Waals surface area contributed by atoms with Crippen molar-refractivity contribution < 1.29 is 14.6 Å². The maximum atomic E-state index is 11.3. The number of nitrogens with zero attached hydrogens (tertiary/aromatic N) is 2. The Morgan fingerprint density at radius 3 is 2.81 bits per heavy atom. The van der Waals surface area contributed by atoms with Crippen LogP contribution >= 0.6 is 0 Å². The van der Waals surface area contributed by atoms with Gasteiger partial charge in [0.2, 0.25) is 0 Å². The summed E-state index contributed by atoms with van der Waals surface area (Å²) in [6, 6.07) is 1.79. The fraction of sp³-hybridized carbons (Fsp3) is 0.600. The van der Waals surface area contributed by atoms with Gasteiger partial charge in [0.1, 0.15) is 11.4 Å². The van der Waals surface area contributed by atoms with Crippen molar-refractivity contribution in [1.82, 2.24) is 9.88 Å². The maximum Gasteiger partial charge on any atom is 0.339 e. The number of rotatable bonds is 6. The van der Waals surface area contributed by atoms with Crippen molar-refractivity contribution in [3.05, 3.63) is 22.9 Å². The second kappa shape index (κ2) is 7.38. The molecule has 21 heavy (non-hydrogen) atoms. The fourth-order valence-corrected chi connectivity index (χ4v) is 2.57. The van der Waals surface area contributed by atoms with Gasteiger partial charge in [0.25, 0.3) is 0 Å². The van der Waals surface area contributed by atoms with E-state index in [0.717, 1.165) is 50.5 Å². The van der Waals surface area contributed by atoms with Crippen molar-refractivity contribution in [1.29, 1.82) is 0 Å². The highest BCUT2D eigenvalue weighted by molar-refractivity contribution is 5.94. The zero-order valence-corrected chi connectivity index (χ0v) is 12.7. The summed E-state index contributed by atoms with van der Waals surface area (Å²) in [5, 5.41) is 12.5. The van der Waals surface area contributed by atoms with Crippen molar-refractivity contribution in [2.24, 2.45) is 0 Å². The number of hydrogen-bond donors (Lipinski definition) is 2. The second-order valence-corrected chi connectivity index (χ2v) is 5.34. The molecule has 1 aliphatic rings. The van der Waals surface area contributed by atoms with Crippen molar-refractivity contribution in [2.75, 3.05) is 44.7 Å². The smallest absolute Gasteiger partial charge is 0.339 e. The predicted octanol–water partition coefficient (Wildman–Crippen LogP) is 1.53. The van der Waals surface area contributed by atoms with Gasteiger partial charge < -0.3 is 15.2 Å². The molecule has 6 nitrogen and oxygen atoms in total. The first-order valence-electron chi connectivity index (χ1n) is 7.33. The van der Waals surface area contributed by atoms with Crippen LogP contribution in [0.3, 0.4) is 0 Å². The number of aromatic nitrogens is 1. The van der Waals surface area contributed by atoms with E-state index in [1.165, 1.54) is 0 Å². The molecule has 1 aromatic rings. The molecular formula is C15H23N3O3. The SMILES string of the molecule is Cc1cc(C)c(C(=O)O)c(NCCCN2CCOCC2)n1. The Bertz CT molecular complexity index is 499. The van der Waals surface area contributed by atoms with Gasteiger partial charge in [-0.25, -0.2) is 9.78 Å². The molecule has 116 valence electrons. The number of morpholine rings is 1. The van der Waals surface area contributed by atoms with Crippen molar-refractivity contribution in [3.63, 3.8) is 0 Å². The maximum absolute atomic E-state index is 11.3. The summed E-state index contributed by atoms with van der Waals surface area (Å²) < 4.78 is 5.31. The lowest BCUT2D eigenvalue weighted by molar-refractivity contribution is 0.0378. The fourth-order valence-electron chi connectivity index (χ4n) is 2.57. The molecule has 0 radical (unpaired) electrons. The van der Waals surface area contributed by atoms with E-state index in [2.05, 4.69) is 15.2 Å². The summed E-state index contributed by atoms with van der Waals surface area (Å²) in [5.74, 6) is -0.461. The number of nitrogens with one attached hydrogen (secondary N) is 1. The molecule has 1 aliphatic heterocycles. The molecule has 0 atom stereocenters. The van der Waals surface area contributed by atoms with Crippen molar-refractivity contribution >= 4 is 11.8 Å². The van der Waals surface area contributed by atoms with E-state index in [0.29, 0.717) is 12.4 Å². The van der Waals surface area contributed by atoms with Gasteiger partial charge in [-0.05, 0) is 38.4 Å². The molecule has 0 aliphatic carbocycles. The van der Waals surface area contributed by atoms with E-state index in [9.17, 15) is 9.90 Å². The molecule has 6 heteroatoms. The van der Waals surface area contributed by atoms with E-state index in [1.807, 2.05) is 6.92 Å². The summed E-state index contributed by atoms with van der Waals surface area (Å²) in [7, 11) is 0. The van der Waals surface area contributed by atoms with Crippen LogP contribution in [-0.4, -0.2) is 60.4 Å². The lowest BCUT2D eigenvalue weighted by Crippen LogP contribution is -2.37. The van der Waals surface area contributed by atoms with Gasteiger partial charge in [-0.2, -0.15) is 0 Å². The van der Waals surface area contributed by atoms with E-state index in [-0.39, 0.29) is 5.56 Å². The summed E-state index contributed by atoms with van der Waals surface area (Å²) in [5.41, 5.74) is 1.84. The lowest BCUT2D eigenvalue weighted by Gasteiger charge is -2.26. The molecule has 0 spiro atoms. The Morgan fingerprint density at radius 2 is 2.14 bits per heavy atom. The van der Waals surface area contributed by atoms with Gasteiger partial charge in [-0.3, -0.25) is 4.90 Å². The summed E-state index contributed by atoms with van der Waals surface area (Å²) in [6.45, 7) is 8.93. The highest BCUT2D eigenvalue weighted by Crippen LogP contribution is 2.18. The molecule has 2 rings (SSSR count). The van der Waals surface area contributed by atoms with E-state index in [1.54, 1.807) is 13.0 Å². The molecule has 0 saturated carbocycles. The highest BCUT2D eigenvalue weighted by Gasteiger charge is 2.15. The van der Waals surface area contributed by atoms with Crippen LogP contribution in [0.25, 0.3) is 0 Å². The van der Waals surface area contributed by atoms with Crippen molar-refractivity contribution in [3.8, 4) is 0 Å². The molecule has 0 unspecified atom stereocenters. The number of pyridine rings is 1. The minimum atomic E-state index is -0.935. The first kappa shape index (κ1) is 15.7. The molecule has 1 aromatic heterocycles. The number of carboxylic acid groups (broad SMARTS) is 1. The third kappa shape index (κ3) is 4.41. The van der Waals surface area contributed by atoms with E-state index >= 15 is 0 Å². The molecule has 2 N–H and O–H groups in total. The topological polar surface area (TPSA) is 74.7 Å². The van der Waals surface area contributed by atoms with Gasteiger partial charge in [0, 0.05) is 25.3 Å². The van der Waals surface area contributed by atoms with Gasteiger partial charge in [-0.1, -0.05) is 0 Å². The van der Waals surface area contributed by atoms with Crippen LogP contribution in [0.15, 0.2) is 6.07 Å². The molecule has 0 bridgehead atoms. The molecule has 1 saturated heterocycles. The van der Waals surface area contributed by atoms with Gasteiger partial charge in [0.15, 0.2) is 0 Å². The van der Waals surface area contributed by atoms with E-state index < -0.39 is 5.97 Å².